The van der Waals surface area contributed by atoms with Crippen molar-refractivity contribution in [2.45, 2.75) is 37.8 Å². The highest BCUT2D eigenvalue weighted by Gasteiger charge is 2.41. The lowest BCUT2D eigenvalue weighted by atomic mass is 9.91. The van der Waals surface area contributed by atoms with Crippen LogP contribution in [0, 0.1) is 0 Å². The van der Waals surface area contributed by atoms with Crippen LogP contribution < -0.4 is 10.6 Å². The number of amides is 2. The molecule has 106 valence electrons. The Morgan fingerprint density at radius 1 is 1.40 bits per heavy atom. The van der Waals surface area contributed by atoms with Crippen molar-refractivity contribution in [1.82, 2.24) is 10.2 Å². The number of nitrogens with one attached hydrogen (secondary N) is 2. The smallest absolute Gasteiger partial charge is 0.328 e. The summed E-state index contributed by atoms with van der Waals surface area (Å²) in [4.78, 5) is 14.1. The summed E-state index contributed by atoms with van der Waals surface area (Å²) in [5.41, 5.74) is 0.685. The average molecular weight is 310 g/mol. The second-order valence-electron chi connectivity index (χ2n) is 5.22. The summed E-state index contributed by atoms with van der Waals surface area (Å²) in [6, 6.07) is 7.42. The number of urea groups is 1. The molecule has 1 aromatic rings. The van der Waals surface area contributed by atoms with E-state index in [9.17, 15) is 4.79 Å². The third-order valence-electron chi connectivity index (χ3n) is 3.88. The van der Waals surface area contributed by atoms with Crippen LogP contribution in [0.15, 0.2) is 24.3 Å². The number of benzene rings is 1. The summed E-state index contributed by atoms with van der Waals surface area (Å²) >= 11 is 11.2. The number of nitrogens with zero attached hydrogens (tertiary/aromatic N) is 1. The third kappa shape index (κ3) is 2.60. The van der Waals surface area contributed by atoms with Gasteiger partial charge >= 0.3 is 6.03 Å². The predicted octanol–water partition coefficient (Wildman–Crippen LogP) is 3.37. The van der Waals surface area contributed by atoms with Gasteiger partial charge in [0.25, 0.3) is 0 Å². The normalized spacial score (nSPS) is 25.1. The van der Waals surface area contributed by atoms with Crippen LogP contribution in [-0.2, 0) is 0 Å². The number of carbonyl (C=O) groups is 1. The summed E-state index contributed by atoms with van der Waals surface area (Å²) in [5, 5.41) is 7.24. The summed E-state index contributed by atoms with van der Waals surface area (Å²) in [6.45, 7) is 0. The van der Waals surface area contributed by atoms with Crippen LogP contribution in [0.1, 0.15) is 25.7 Å². The highest BCUT2D eigenvalue weighted by Crippen LogP contribution is 2.28. The Kier molecular flexibility index (Phi) is 3.81. The lowest BCUT2D eigenvalue weighted by molar-refractivity contribution is 0.212. The molecule has 20 heavy (non-hydrogen) atoms. The van der Waals surface area contributed by atoms with Gasteiger partial charge < -0.3 is 10.6 Å². The Morgan fingerprint density at radius 3 is 3.00 bits per heavy atom. The molecule has 2 aliphatic rings. The first-order chi connectivity index (χ1) is 9.65. The summed E-state index contributed by atoms with van der Waals surface area (Å²) in [6.07, 6.45) is 4.42. The molecule has 3 rings (SSSR count). The molecule has 1 saturated heterocycles. The highest BCUT2D eigenvalue weighted by molar-refractivity contribution is 7.80. The van der Waals surface area contributed by atoms with E-state index in [0.717, 1.165) is 19.3 Å². The molecule has 0 unspecified atom stereocenters. The van der Waals surface area contributed by atoms with Gasteiger partial charge in [-0.1, -0.05) is 30.5 Å². The predicted molar refractivity (Wildman–Crippen MR) is 84.1 cm³/mol. The molecule has 6 heteroatoms. The molecule has 0 aromatic heterocycles. The number of halogens is 1. The zero-order valence-corrected chi connectivity index (χ0v) is 12.5. The van der Waals surface area contributed by atoms with E-state index in [1.165, 1.54) is 6.42 Å². The third-order valence-corrected chi connectivity index (χ3v) is 4.43. The van der Waals surface area contributed by atoms with Gasteiger partial charge in [-0.15, -0.1) is 0 Å². The lowest BCUT2D eigenvalue weighted by Gasteiger charge is -2.29. The largest absolute Gasteiger partial charge is 0.357 e. The number of hydrogen-bond donors (Lipinski definition) is 2. The number of carbonyl (C=O) groups excluding carboxylic acids is 1. The van der Waals surface area contributed by atoms with E-state index in [1.54, 1.807) is 17.0 Å². The minimum Gasteiger partial charge on any atom is -0.357 e. The van der Waals surface area contributed by atoms with Crippen LogP contribution in [0.4, 0.5) is 10.5 Å². The second kappa shape index (κ2) is 5.58. The van der Waals surface area contributed by atoms with Gasteiger partial charge in [-0.3, -0.25) is 4.90 Å². The number of fused-ring (bicyclic) bond motifs is 1. The van der Waals surface area contributed by atoms with Crippen molar-refractivity contribution in [2.75, 3.05) is 5.32 Å². The van der Waals surface area contributed by atoms with Crippen LogP contribution in [-0.4, -0.2) is 28.1 Å². The molecule has 0 bridgehead atoms. The maximum Gasteiger partial charge on any atom is 0.328 e. The highest BCUT2D eigenvalue weighted by atomic mass is 35.5. The quantitative estimate of drug-likeness (QED) is 0.782. The van der Waals surface area contributed by atoms with Gasteiger partial charge in [0.2, 0.25) is 0 Å². The maximum absolute atomic E-state index is 12.4. The van der Waals surface area contributed by atoms with Crippen LogP contribution in [0.25, 0.3) is 0 Å². The molecule has 2 N–H and O–H groups in total. The van der Waals surface area contributed by atoms with Crippen molar-refractivity contribution in [3.05, 3.63) is 29.3 Å². The standard InChI is InChI=1S/C14H16ClN3OS/c15-9-4-3-5-10(8-9)16-13(19)18-12-7-2-1-6-11(12)17-14(18)20/h3-5,8,11-12H,1-2,6-7H2,(H,16,19)(H,17,20)/t11-,12-/m0/s1. The van der Waals surface area contributed by atoms with Crippen molar-refractivity contribution in [2.24, 2.45) is 0 Å². The molecule has 1 saturated carbocycles. The number of anilines is 1. The molecular weight excluding hydrogens is 294 g/mol. The summed E-state index contributed by atoms with van der Waals surface area (Å²) in [7, 11) is 0. The Hall–Kier alpha value is -1.33. The van der Waals surface area contributed by atoms with Crippen molar-refractivity contribution >= 4 is 40.6 Å². The van der Waals surface area contributed by atoms with Crippen molar-refractivity contribution in [3.63, 3.8) is 0 Å². The zero-order chi connectivity index (χ0) is 14.1. The molecule has 1 aliphatic heterocycles. The van der Waals surface area contributed by atoms with Crippen molar-refractivity contribution in [3.8, 4) is 0 Å². The Labute approximate surface area is 128 Å². The maximum atomic E-state index is 12.4. The van der Waals surface area contributed by atoms with Gasteiger partial charge in [0.15, 0.2) is 5.11 Å². The molecule has 2 atom stereocenters. The first-order valence-electron chi connectivity index (χ1n) is 6.81. The van der Waals surface area contributed by atoms with E-state index < -0.39 is 0 Å². The summed E-state index contributed by atoms with van der Waals surface area (Å²) < 4.78 is 0. The topological polar surface area (TPSA) is 44.4 Å². The second-order valence-corrected chi connectivity index (χ2v) is 6.04. The average Bonchev–Trinajstić information content (AvgIpc) is 2.74. The van der Waals surface area contributed by atoms with Gasteiger partial charge in [-0.2, -0.15) is 0 Å². The molecule has 4 nitrogen and oxygen atoms in total. The van der Waals surface area contributed by atoms with E-state index in [-0.39, 0.29) is 12.1 Å². The molecule has 0 radical (unpaired) electrons. The Balaban J connectivity index is 1.74. The van der Waals surface area contributed by atoms with Gasteiger partial charge in [0.1, 0.15) is 0 Å². The van der Waals surface area contributed by atoms with Gasteiger partial charge in [-0.05, 0) is 43.3 Å². The van der Waals surface area contributed by atoms with Gasteiger partial charge in [0, 0.05) is 16.8 Å². The van der Waals surface area contributed by atoms with E-state index in [4.69, 9.17) is 23.8 Å². The zero-order valence-electron chi connectivity index (χ0n) is 10.9. The van der Waals surface area contributed by atoms with E-state index in [2.05, 4.69) is 10.6 Å². The first-order valence-corrected chi connectivity index (χ1v) is 7.60. The molecule has 1 aliphatic carbocycles. The number of rotatable bonds is 1. The van der Waals surface area contributed by atoms with Crippen LogP contribution in [0.3, 0.4) is 0 Å². The van der Waals surface area contributed by atoms with Crippen molar-refractivity contribution in [1.29, 1.82) is 0 Å². The molecule has 2 fully saturated rings. The lowest BCUT2D eigenvalue weighted by Crippen LogP contribution is -2.44. The summed E-state index contributed by atoms with van der Waals surface area (Å²) in [5.74, 6) is 0. The van der Waals surface area contributed by atoms with Gasteiger partial charge in [-0.25, -0.2) is 4.79 Å². The Morgan fingerprint density at radius 2 is 2.20 bits per heavy atom. The number of hydrogen-bond acceptors (Lipinski definition) is 2. The number of thiocarbonyl (C=S) groups is 1. The fraction of sp³-hybridized carbons (Fsp3) is 0.429. The van der Waals surface area contributed by atoms with Crippen LogP contribution in [0.5, 0.6) is 0 Å². The Bertz CT molecular complexity index is 551. The van der Waals surface area contributed by atoms with Crippen LogP contribution >= 0.6 is 23.8 Å². The van der Waals surface area contributed by atoms with Crippen LogP contribution in [0.2, 0.25) is 5.02 Å². The molecule has 0 spiro atoms. The fourth-order valence-corrected chi connectivity index (χ4v) is 3.52. The van der Waals surface area contributed by atoms with E-state index in [1.807, 2.05) is 12.1 Å². The van der Waals surface area contributed by atoms with E-state index >= 15 is 0 Å². The minimum absolute atomic E-state index is 0.176. The SMILES string of the molecule is O=C(Nc1cccc(Cl)c1)N1C(=S)N[C@H]2CCCC[C@@H]21. The molecule has 1 heterocycles. The van der Waals surface area contributed by atoms with Gasteiger partial charge in [0.05, 0.1) is 6.04 Å². The van der Waals surface area contributed by atoms with Crippen molar-refractivity contribution < 1.29 is 4.79 Å². The molecular formula is C14H16ClN3OS. The van der Waals surface area contributed by atoms with E-state index in [0.29, 0.717) is 21.9 Å². The molecule has 2 amide bonds. The molecule has 1 aromatic carbocycles. The minimum atomic E-state index is -0.181. The fourth-order valence-electron chi connectivity index (χ4n) is 2.96. The monoisotopic (exact) mass is 309 g/mol. The first kappa shape index (κ1) is 13.6.